The van der Waals surface area contributed by atoms with Gasteiger partial charge in [0.15, 0.2) is 0 Å². The van der Waals surface area contributed by atoms with Crippen molar-refractivity contribution >= 4 is 0 Å². The van der Waals surface area contributed by atoms with E-state index in [9.17, 15) is 0 Å². The van der Waals surface area contributed by atoms with Crippen LogP contribution >= 0.6 is 0 Å². The van der Waals surface area contributed by atoms with Gasteiger partial charge in [-0.3, -0.25) is 0 Å². The molecular weight excluding hydrogens is 78.0 g/mol. The predicted octanol–water partition coefficient (Wildman–Crippen LogP) is -0.659. The van der Waals surface area contributed by atoms with Crippen LogP contribution in [0, 0.1) is 0 Å². The first kappa shape index (κ1) is 1.80. The van der Waals surface area contributed by atoms with Gasteiger partial charge in [0.25, 0.3) is 0 Å². The molecule has 0 aromatic carbocycles. The van der Waals surface area contributed by atoms with Crippen molar-refractivity contribution in [3.05, 3.63) is 0 Å². The van der Waals surface area contributed by atoms with Crippen molar-refractivity contribution in [1.29, 1.82) is 0 Å². The molecule has 36 valence electrons. The van der Waals surface area contributed by atoms with E-state index in [1.54, 1.807) is 0 Å². The molecular formula is C4H9NO. The van der Waals surface area contributed by atoms with Gasteiger partial charge in [-0.05, 0) is 13.0 Å². The summed E-state index contributed by atoms with van der Waals surface area (Å²) < 4.78 is 21.0. The minimum absolute atomic E-state index is 0.153. The lowest BCUT2D eigenvalue weighted by Gasteiger charge is -1.90. The van der Waals surface area contributed by atoms with Gasteiger partial charge >= 0.3 is 0 Å². The first-order chi connectivity index (χ1) is 3.96. The Labute approximate surface area is 41.4 Å². The van der Waals surface area contributed by atoms with Crippen LogP contribution in [0.1, 0.15) is 10.5 Å². The molecule has 2 nitrogen and oxygen atoms in total. The van der Waals surface area contributed by atoms with E-state index >= 15 is 0 Å². The lowest BCUT2D eigenvalue weighted by Crippen LogP contribution is -2.11. The fourth-order valence-electron chi connectivity index (χ4n) is 0.408. The summed E-state index contributed by atoms with van der Waals surface area (Å²) in [6.07, 6.45) is -1.78. The molecule has 1 unspecified atom stereocenters. The fraction of sp³-hybridized carbons (Fsp3) is 1.00. The predicted molar refractivity (Wildman–Crippen MR) is 23.5 cm³/mol. The van der Waals surface area contributed by atoms with Crippen molar-refractivity contribution in [3.8, 4) is 0 Å². The summed E-state index contributed by atoms with van der Waals surface area (Å²) in [7, 11) is 0. The summed E-state index contributed by atoms with van der Waals surface area (Å²) in [6.45, 7) is -1.57. The average Bonchev–Trinajstić information content (AvgIpc) is 1.81. The summed E-state index contributed by atoms with van der Waals surface area (Å²) in [5.74, 6) is 0. The van der Waals surface area contributed by atoms with Gasteiger partial charge in [0.1, 0.15) is 0 Å². The van der Waals surface area contributed by atoms with Gasteiger partial charge in [-0.25, -0.2) is 0 Å². The van der Waals surface area contributed by atoms with Gasteiger partial charge in [-0.1, -0.05) is 0 Å². The zero-order valence-electron chi connectivity index (χ0n) is 6.36. The van der Waals surface area contributed by atoms with Crippen LogP contribution in [0.4, 0.5) is 0 Å². The van der Waals surface area contributed by atoms with Crippen LogP contribution in [0.3, 0.4) is 0 Å². The largest absolute Gasteiger partial charge is 0.392 e. The Bertz CT molecular complexity index is 111. The third-order valence-electron chi connectivity index (χ3n) is 0.719. The average molecular weight is 90.1 g/mol. The second kappa shape index (κ2) is 1.58. The normalized spacial score (nSPS) is 62.5. The lowest BCUT2D eigenvalue weighted by atomic mass is 10.3. The van der Waals surface area contributed by atoms with Gasteiger partial charge in [0, 0.05) is 9.24 Å². The zero-order valence-corrected chi connectivity index (χ0v) is 3.36. The Hall–Kier alpha value is -0.0800. The number of nitrogens with one attached hydrogen (secondary N) is 1. The molecule has 1 aliphatic rings. The molecule has 1 fully saturated rings. The Morgan fingerprint density at radius 1 is 2.17 bits per heavy atom. The van der Waals surface area contributed by atoms with Crippen LogP contribution in [0.5, 0.6) is 0 Å². The Morgan fingerprint density at radius 3 is 3.17 bits per heavy atom. The fourth-order valence-corrected chi connectivity index (χ4v) is 0.408. The summed E-state index contributed by atoms with van der Waals surface area (Å²) in [6, 6.07) is 0. The zero-order chi connectivity index (χ0) is 7.12. The standard InChI is InChI=1S/C4H9NO/c6-4-1-2-5-3-4/h4-6H,1-3H2/i3D2,4D. The second-order valence-electron chi connectivity index (χ2n) is 1.25. The van der Waals surface area contributed by atoms with Crippen LogP contribution < -0.4 is 5.32 Å². The lowest BCUT2D eigenvalue weighted by molar-refractivity contribution is 0.196. The molecule has 0 aliphatic carbocycles. The van der Waals surface area contributed by atoms with E-state index in [1.807, 2.05) is 0 Å². The van der Waals surface area contributed by atoms with Crippen LogP contribution in [-0.4, -0.2) is 24.2 Å². The molecule has 0 aromatic rings. The Morgan fingerprint density at radius 2 is 3.00 bits per heavy atom. The van der Waals surface area contributed by atoms with Gasteiger partial charge in [-0.15, -0.1) is 0 Å². The minimum Gasteiger partial charge on any atom is -0.392 e. The molecule has 0 spiro atoms. The topological polar surface area (TPSA) is 32.3 Å². The van der Waals surface area contributed by atoms with Gasteiger partial charge < -0.3 is 10.4 Å². The van der Waals surface area contributed by atoms with E-state index in [-0.39, 0.29) is 6.42 Å². The highest BCUT2D eigenvalue weighted by Gasteiger charge is 2.08. The highest BCUT2D eigenvalue weighted by molar-refractivity contribution is 4.67. The maximum atomic E-state index is 8.95. The van der Waals surface area contributed by atoms with Crippen molar-refractivity contribution in [2.75, 3.05) is 13.0 Å². The van der Waals surface area contributed by atoms with E-state index in [1.165, 1.54) is 0 Å². The molecule has 0 amide bonds. The van der Waals surface area contributed by atoms with Crippen molar-refractivity contribution in [2.24, 2.45) is 0 Å². The van der Waals surface area contributed by atoms with E-state index in [0.717, 1.165) is 0 Å². The number of hydrogen-bond acceptors (Lipinski definition) is 2. The van der Waals surface area contributed by atoms with E-state index in [2.05, 4.69) is 5.32 Å². The van der Waals surface area contributed by atoms with Gasteiger partial charge in [-0.2, -0.15) is 0 Å². The Kier molecular flexibility index (Phi) is 0.474. The second-order valence-corrected chi connectivity index (χ2v) is 1.25. The molecule has 0 saturated carbocycles. The minimum atomic E-state index is -1.94. The quantitative estimate of drug-likeness (QED) is 0.414. The maximum Gasteiger partial charge on any atom is 0.0676 e. The molecule has 1 saturated heterocycles. The summed E-state index contributed by atoms with van der Waals surface area (Å²) >= 11 is 0. The van der Waals surface area contributed by atoms with Gasteiger partial charge in [0.05, 0.1) is 7.45 Å². The smallest absolute Gasteiger partial charge is 0.0676 e. The molecule has 0 bridgehead atoms. The molecule has 2 N–H and O–H groups in total. The van der Waals surface area contributed by atoms with Crippen LogP contribution in [0.25, 0.3) is 0 Å². The maximum absolute atomic E-state index is 8.95. The molecule has 0 aromatic heterocycles. The van der Waals surface area contributed by atoms with Gasteiger partial charge in [0.2, 0.25) is 0 Å². The van der Waals surface area contributed by atoms with Crippen LogP contribution in [0.15, 0.2) is 0 Å². The molecule has 1 aliphatic heterocycles. The first-order valence-corrected chi connectivity index (χ1v) is 1.93. The number of β-amino-alcohol motifs (C(OH)–C–C–N with tert-alkyl or cyclic N) is 1. The van der Waals surface area contributed by atoms with E-state index < -0.39 is 12.6 Å². The molecule has 0 radical (unpaired) electrons. The Balaban J connectivity index is 2.75. The summed E-state index contributed by atoms with van der Waals surface area (Å²) in [4.78, 5) is 0. The highest BCUT2D eigenvalue weighted by Crippen LogP contribution is 1.93. The first-order valence-electron chi connectivity index (χ1n) is 3.43. The summed E-state index contributed by atoms with van der Waals surface area (Å²) in [5, 5.41) is 11.3. The molecule has 1 rings (SSSR count). The van der Waals surface area contributed by atoms with E-state index in [0.29, 0.717) is 6.54 Å². The molecule has 6 heavy (non-hydrogen) atoms. The van der Waals surface area contributed by atoms with Crippen molar-refractivity contribution < 1.29 is 9.22 Å². The molecule has 1 atom stereocenters. The highest BCUT2D eigenvalue weighted by atomic mass is 16.3. The molecule has 1 heterocycles. The number of hydrogen-bond donors (Lipinski definition) is 2. The van der Waals surface area contributed by atoms with Crippen molar-refractivity contribution in [1.82, 2.24) is 5.32 Å². The molecule has 2 heteroatoms. The van der Waals surface area contributed by atoms with E-state index in [4.69, 9.17) is 9.22 Å². The van der Waals surface area contributed by atoms with Crippen molar-refractivity contribution in [2.45, 2.75) is 12.5 Å². The third kappa shape index (κ3) is 0.698. The monoisotopic (exact) mass is 90.1 g/mol. The number of aliphatic hydroxyl groups is 1. The SMILES string of the molecule is [2H]C1(O)CCNC1([2H])[2H]. The van der Waals surface area contributed by atoms with Crippen LogP contribution in [-0.2, 0) is 0 Å². The van der Waals surface area contributed by atoms with Crippen molar-refractivity contribution in [3.63, 3.8) is 0 Å². The van der Waals surface area contributed by atoms with Crippen LogP contribution in [0.2, 0.25) is 0 Å². The summed E-state index contributed by atoms with van der Waals surface area (Å²) in [5.41, 5.74) is 0. The number of rotatable bonds is 0. The third-order valence-corrected chi connectivity index (χ3v) is 0.719.